The molecule has 2 heterocycles. The first-order valence-corrected chi connectivity index (χ1v) is 8.82. The van der Waals surface area contributed by atoms with E-state index < -0.39 is 16.6 Å². The number of hydrogen-bond donors (Lipinski definition) is 3. The van der Waals surface area contributed by atoms with Crippen LogP contribution in [0.15, 0.2) is 81.2 Å². The summed E-state index contributed by atoms with van der Waals surface area (Å²) in [6.07, 6.45) is 0.0122. The van der Waals surface area contributed by atoms with Crippen LogP contribution < -0.4 is 11.0 Å². The van der Waals surface area contributed by atoms with Crippen LogP contribution in [0.4, 0.5) is 11.4 Å². The third-order valence-electron chi connectivity index (χ3n) is 4.28. The molecule has 0 aliphatic heterocycles. The molecule has 0 amide bonds. The molecule has 0 spiro atoms. The van der Waals surface area contributed by atoms with E-state index in [-0.39, 0.29) is 28.4 Å². The number of nitrogens with one attached hydrogen (secondary N) is 2. The molecule has 0 saturated carbocycles. The van der Waals surface area contributed by atoms with E-state index in [9.17, 15) is 20.0 Å². The Hall–Kier alpha value is -4.31. The molecule has 10 heteroatoms. The highest BCUT2D eigenvalue weighted by atomic mass is 16.6. The van der Waals surface area contributed by atoms with Gasteiger partial charge in [0.25, 0.3) is 11.2 Å². The van der Waals surface area contributed by atoms with Crippen LogP contribution in [0.25, 0.3) is 11.0 Å². The number of aromatic nitrogens is 2. The van der Waals surface area contributed by atoms with Crippen molar-refractivity contribution in [3.05, 3.63) is 98.8 Å². The van der Waals surface area contributed by atoms with Crippen LogP contribution in [-0.2, 0) is 0 Å². The number of benzene rings is 2. The van der Waals surface area contributed by atoms with Crippen molar-refractivity contribution in [3.8, 4) is 0 Å². The number of hydrogen-bond acceptors (Lipinski definition) is 8. The molecule has 30 heavy (non-hydrogen) atoms. The predicted octanol–water partition coefficient (Wildman–Crippen LogP) is 2.97. The topological polar surface area (TPSA) is 147 Å². The van der Waals surface area contributed by atoms with Crippen LogP contribution in [-0.4, -0.2) is 25.7 Å². The lowest BCUT2D eigenvalue weighted by atomic mass is 10.1. The number of H-pyrrole nitrogens is 1. The molecular formula is C20H15N5O5. The summed E-state index contributed by atoms with van der Waals surface area (Å²) in [4.78, 5) is 29.9. The molecular weight excluding hydrogens is 390 g/mol. The van der Waals surface area contributed by atoms with Crippen LogP contribution in [0.5, 0.6) is 0 Å². The van der Waals surface area contributed by atoms with Gasteiger partial charge in [0.05, 0.1) is 27.9 Å². The Bertz CT molecular complexity index is 1280. The Morgan fingerprint density at radius 1 is 1.20 bits per heavy atom. The molecule has 2 aromatic heterocycles. The highest BCUT2D eigenvalue weighted by molar-refractivity contribution is 6.03. The van der Waals surface area contributed by atoms with Gasteiger partial charge in [0.1, 0.15) is 11.5 Å². The lowest BCUT2D eigenvalue weighted by Gasteiger charge is -2.12. The first-order valence-electron chi connectivity index (χ1n) is 8.82. The monoisotopic (exact) mass is 405 g/mol. The maximum atomic E-state index is 12.7. The van der Waals surface area contributed by atoms with Crippen LogP contribution in [0.1, 0.15) is 17.6 Å². The molecule has 1 atom stereocenters. The molecule has 2 aromatic carbocycles. The zero-order valence-electron chi connectivity index (χ0n) is 15.4. The second-order valence-corrected chi connectivity index (χ2v) is 6.27. The normalized spacial score (nSPS) is 12.6. The van der Waals surface area contributed by atoms with Crippen molar-refractivity contribution in [2.24, 2.45) is 5.10 Å². The second-order valence-electron chi connectivity index (χ2n) is 6.27. The minimum absolute atomic E-state index is 0.0738. The van der Waals surface area contributed by atoms with Gasteiger partial charge < -0.3 is 14.5 Å². The minimum atomic E-state index is -1.37. The van der Waals surface area contributed by atoms with Gasteiger partial charge in [-0.25, -0.2) is 4.98 Å². The number of furan rings is 1. The average Bonchev–Trinajstić information content (AvgIpc) is 3.29. The number of nitro benzene ring substituents is 1. The van der Waals surface area contributed by atoms with Crippen LogP contribution >= 0.6 is 0 Å². The van der Waals surface area contributed by atoms with Gasteiger partial charge in [0, 0.05) is 12.1 Å². The van der Waals surface area contributed by atoms with Crippen molar-refractivity contribution in [1.29, 1.82) is 0 Å². The molecule has 0 radical (unpaired) electrons. The number of nitro groups is 1. The Morgan fingerprint density at radius 3 is 2.70 bits per heavy atom. The number of aliphatic hydroxyl groups excluding tert-OH is 1. The second kappa shape index (κ2) is 7.97. The Labute approximate surface area is 168 Å². The fourth-order valence-corrected chi connectivity index (χ4v) is 2.82. The van der Waals surface area contributed by atoms with Crippen molar-refractivity contribution in [2.75, 3.05) is 5.43 Å². The summed E-state index contributed by atoms with van der Waals surface area (Å²) in [5.74, 6) is 0.175. The van der Waals surface area contributed by atoms with Gasteiger partial charge in [0.15, 0.2) is 11.8 Å². The van der Waals surface area contributed by atoms with E-state index in [4.69, 9.17) is 4.42 Å². The third kappa shape index (κ3) is 3.80. The molecule has 10 nitrogen and oxygen atoms in total. The van der Waals surface area contributed by atoms with Gasteiger partial charge in [-0.1, -0.05) is 18.2 Å². The number of aliphatic hydroxyl groups is 1. The van der Waals surface area contributed by atoms with Crippen molar-refractivity contribution in [3.63, 3.8) is 0 Å². The van der Waals surface area contributed by atoms with Crippen LogP contribution in [0.2, 0.25) is 0 Å². The standard InChI is InChI=1S/C20H15N5O5/c26-19(16-7-4-10-30-16)17(24-23-12-5-2-1-3-6-12)18-20(27)22-15-11-13(25(28)29)8-9-14(15)21-18/h1-11,19,23,26H,(H,22,27)/b24-17-/t19-/m0/s1. The molecule has 0 bridgehead atoms. The summed E-state index contributed by atoms with van der Waals surface area (Å²) in [6, 6.07) is 16.0. The molecule has 4 rings (SSSR count). The molecule has 4 aromatic rings. The summed E-state index contributed by atoms with van der Waals surface area (Å²) < 4.78 is 5.25. The van der Waals surface area contributed by atoms with Crippen molar-refractivity contribution >= 4 is 28.1 Å². The van der Waals surface area contributed by atoms with Crippen LogP contribution in [0.3, 0.4) is 0 Å². The Balaban J connectivity index is 1.82. The number of aromatic amines is 1. The molecule has 0 aliphatic rings. The van der Waals surface area contributed by atoms with E-state index in [0.29, 0.717) is 11.2 Å². The summed E-state index contributed by atoms with van der Waals surface area (Å²) in [5.41, 5.74) is 2.85. The predicted molar refractivity (Wildman–Crippen MR) is 109 cm³/mol. The molecule has 0 aliphatic carbocycles. The van der Waals surface area contributed by atoms with Gasteiger partial charge in [-0.15, -0.1) is 0 Å². The number of nitrogens with zero attached hydrogens (tertiary/aromatic N) is 3. The van der Waals surface area contributed by atoms with E-state index in [1.54, 1.807) is 36.4 Å². The number of non-ortho nitro benzene ring substituents is 1. The lowest BCUT2D eigenvalue weighted by molar-refractivity contribution is -0.384. The summed E-state index contributed by atoms with van der Waals surface area (Å²) >= 11 is 0. The minimum Gasteiger partial charge on any atom is -0.466 e. The van der Waals surface area contributed by atoms with Crippen LogP contribution in [0, 0.1) is 10.1 Å². The van der Waals surface area contributed by atoms with E-state index >= 15 is 0 Å². The largest absolute Gasteiger partial charge is 0.466 e. The van der Waals surface area contributed by atoms with Gasteiger partial charge in [-0.05, 0) is 30.3 Å². The molecule has 0 unspecified atom stereocenters. The first-order chi connectivity index (χ1) is 14.5. The highest BCUT2D eigenvalue weighted by Crippen LogP contribution is 2.21. The van der Waals surface area contributed by atoms with E-state index in [2.05, 4.69) is 20.5 Å². The Kier molecular flexibility index (Phi) is 5.06. The summed E-state index contributed by atoms with van der Waals surface area (Å²) in [7, 11) is 0. The molecule has 3 N–H and O–H groups in total. The number of rotatable bonds is 6. The summed E-state index contributed by atoms with van der Waals surface area (Å²) in [5, 5.41) is 25.9. The molecule has 0 saturated heterocycles. The quantitative estimate of drug-likeness (QED) is 0.254. The van der Waals surface area contributed by atoms with Gasteiger partial charge in [-0.3, -0.25) is 20.3 Å². The fraction of sp³-hybridized carbons (Fsp3) is 0.0500. The van der Waals surface area contributed by atoms with Crippen molar-refractivity contribution in [2.45, 2.75) is 6.10 Å². The molecule has 0 fully saturated rings. The average molecular weight is 405 g/mol. The van der Waals surface area contributed by atoms with Gasteiger partial charge >= 0.3 is 0 Å². The van der Waals surface area contributed by atoms with Gasteiger partial charge in [0.2, 0.25) is 0 Å². The smallest absolute Gasteiger partial charge is 0.276 e. The number of anilines is 1. The SMILES string of the molecule is O=c1[nH]c2cc([N+](=O)[O-])ccc2nc1/C(=N/Nc1ccccc1)[C@@H](O)c1ccco1. The number of hydrazone groups is 1. The maximum absolute atomic E-state index is 12.7. The number of fused-ring (bicyclic) bond motifs is 1. The highest BCUT2D eigenvalue weighted by Gasteiger charge is 2.25. The van der Waals surface area contributed by atoms with E-state index in [1.807, 2.05) is 6.07 Å². The lowest BCUT2D eigenvalue weighted by Crippen LogP contribution is -2.26. The first kappa shape index (κ1) is 19.0. The van der Waals surface area contributed by atoms with E-state index in [0.717, 1.165) is 0 Å². The number of para-hydroxylation sites is 1. The Morgan fingerprint density at radius 2 is 2.00 bits per heavy atom. The van der Waals surface area contributed by atoms with Crippen molar-refractivity contribution < 1.29 is 14.4 Å². The van der Waals surface area contributed by atoms with Gasteiger partial charge in [-0.2, -0.15) is 5.10 Å². The maximum Gasteiger partial charge on any atom is 0.276 e. The zero-order valence-corrected chi connectivity index (χ0v) is 15.4. The zero-order chi connectivity index (χ0) is 21.1. The third-order valence-corrected chi connectivity index (χ3v) is 4.28. The van der Waals surface area contributed by atoms with E-state index in [1.165, 1.54) is 24.5 Å². The summed E-state index contributed by atoms with van der Waals surface area (Å²) in [6.45, 7) is 0. The fourth-order valence-electron chi connectivity index (χ4n) is 2.82. The van der Waals surface area contributed by atoms with Crippen molar-refractivity contribution in [1.82, 2.24) is 9.97 Å². The molecule has 150 valence electrons.